The van der Waals surface area contributed by atoms with Gasteiger partial charge in [0.15, 0.2) is 5.78 Å². The number of aromatic nitrogens is 1. The molecule has 2 nitrogen and oxygen atoms in total. The molecule has 2 rings (SSSR count). The summed E-state index contributed by atoms with van der Waals surface area (Å²) >= 11 is 0. The van der Waals surface area contributed by atoms with Gasteiger partial charge >= 0.3 is 6.18 Å². The minimum Gasteiger partial charge on any atom is -0.294 e. The number of rotatable bonds is 3. The van der Waals surface area contributed by atoms with Crippen LogP contribution in [0.4, 0.5) is 13.2 Å². The summed E-state index contributed by atoms with van der Waals surface area (Å²) in [6, 6.07) is 9.88. The van der Waals surface area contributed by atoms with Crippen LogP contribution in [0, 0.1) is 0 Å². The summed E-state index contributed by atoms with van der Waals surface area (Å²) in [7, 11) is 0. The molecule has 0 amide bonds. The van der Waals surface area contributed by atoms with E-state index in [0.29, 0.717) is 11.3 Å². The van der Waals surface area contributed by atoms with Gasteiger partial charge in [0.2, 0.25) is 0 Å². The molecule has 0 unspecified atom stereocenters. The quantitative estimate of drug-likeness (QED) is 0.792. The van der Waals surface area contributed by atoms with Crippen molar-refractivity contribution < 1.29 is 18.0 Å². The number of pyridine rings is 1. The molecule has 1 heterocycles. The van der Waals surface area contributed by atoms with Crippen molar-refractivity contribution in [2.45, 2.75) is 13.1 Å². The van der Waals surface area contributed by atoms with Crippen molar-refractivity contribution in [1.29, 1.82) is 0 Å². The lowest BCUT2D eigenvalue weighted by atomic mass is 10.0. The first kappa shape index (κ1) is 15.0. The Morgan fingerprint density at radius 3 is 2.48 bits per heavy atom. The number of allylic oxidation sites excluding steroid dienone is 1. The predicted molar refractivity (Wildman–Crippen MR) is 74.2 cm³/mol. The van der Waals surface area contributed by atoms with E-state index in [0.717, 1.165) is 12.1 Å². The second-order valence-electron chi connectivity index (χ2n) is 4.45. The van der Waals surface area contributed by atoms with Crippen LogP contribution in [0.2, 0.25) is 0 Å². The van der Waals surface area contributed by atoms with Crippen LogP contribution in [0.25, 0.3) is 11.6 Å². The Hall–Kier alpha value is -2.43. The van der Waals surface area contributed by atoms with Gasteiger partial charge in [0.25, 0.3) is 0 Å². The van der Waals surface area contributed by atoms with E-state index in [1.54, 1.807) is 18.2 Å². The number of ketones is 1. The van der Waals surface area contributed by atoms with Crippen molar-refractivity contribution >= 4 is 17.4 Å². The first-order valence-electron chi connectivity index (χ1n) is 6.19. The van der Waals surface area contributed by atoms with E-state index in [2.05, 4.69) is 4.98 Å². The van der Waals surface area contributed by atoms with Crippen LogP contribution in [0.5, 0.6) is 0 Å². The average Bonchev–Trinajstić information content (AvgIpc) is 2.45. The molecule has 2 aromatic rings. The molecule has 1 aromatic carbocycles. The third-order valence-corrected chi connectivity index (χ3v) is 2.85. The van der Waals surface area contributed by atoms with Crippen molar-refractivity contribution in [3.8, 4) is 0 Å². The number of alkyl halides is 3. The van der Waals surface area contributed by atoms with E-state index in [1.807, 2.05) is 0 Å². The Morgan fingerprint density at radius 1 is 1.14 bits per heavy atom. The van der Waals surface area contributed by atoms with Gasteiger partial charge in [0.1, 0.15) is 0 Å². The van der Waals surface area contributed by atoms with E-state index in [-0.39, 0.29) is 11.4 Å². The lowest BCUT2D eigenvalue weighted by Gasteiger charge is -2.08. The van der Waals surface area contributed by atoms with Gasteiger partial charge in [0.05, 0.1) is 11.3 Å². The van der Waals surface area contributed by atoms with Gasteiger partial charge in [-0.05, 0) is 42.8 Å². The number of halogens is 3. The van der Waals surface area contributed by atoms with Crippen LogP contribution in [0.15, 0.2) is 48.7 Å². The lowest BCUT2D eigenvalue weighted by molar-refractivity contribution is -0.137. The average molecular weight is 291 g/mol. The second kappa shape index (κ2) is 5.91. The third-order valence-electron chi connectivity index (χ3n) is 2.85. The van der Waals surface area contributed by atoms with Crippen LogP contribution in [-0.4, -0.2) is 10.8 Å². The molecule has 1 aromatic heterocycles. The Bertz CT molecular complexity index is 675. The fraction of sp³-hybridized carbons (Fsp3) is 0.125. The highest BCUT2D eigenvalue weighted by atomic mass is 19.4. The van der Waals surface area contributed by atoms with Crippen molar-refractivity contribution in [2.24, 2.45) is 0 Å². The Morgan fingerprint density at radius 2 is 1.90 bits per heavy atom. The monoisotopic (exact) mass is 291 g/mol. The normalized spacial score (nSPS) is 12.3. The highest BCUT2D eigenvalue weighted by Crippen LogP contribution is 2.30. The predicted octanol–water partition coefficient (Wildman–Crippen LogP) is 4.23. The Labute approximate surface area is 120 Å². The summed E-state index contributed by atoms with van der Waals surface area (Å²) < 4.78 is 38.1. The Kier molecular flexibility index (Phi) is 4.21. The first-order chi connectivity index (χ1) is 9.88. The molecule has 0 spiro atoms. The first-order valence-corrected chi connectivity index (χ1v) is 6.19. The molecule has 0 N–H and O–H groups in total. The molecule has 0 aliphatic rings. The maximum absolute atomic E-state index is 12.7. The number of hydrogen-bond donors (Lipinski definition) is 0. The third kappa shape index (κ3) is 3.78. The number of carbonyl (C=O) groups is 1. The summed E-state index contributed by atoms with van der Waals surface area (Å²) in [5.74, 6) is -0.258. The zero-order valence-electron chi connectivity index (χ0n) is 11.2. The molecular weight excluding hydrogens is 279 g/mol. The molecule has 0 radical (unpaired) electrons. The van der Waals surface area contributed by atoms with Gasteiger partial charge in [-0.25, -0.2) is 0 Å². The molecule has 21 heavy (non-hydrogen) atoms. The van der Waals surface area contributed by atoms with Gasteiger partial charge in [0, 0.05) is 11.8 Å². The van der Waals surface area contributed by atoms with Crippen LogP contribution in [0.1, 0.15) is 23.7 Å². The lowest BCUT2D eigenvalue weighted by Crippen LogP contribution is -2.04. The maximum atomic E-state index is 12.7. The molecule has 0 fully saturated rings. The fourth-order valence-electron chi connectivity index (χ4n) is 1.85. The second-order valence-corrected chi connectivity index (χ2v) is 4.45. The molecule has 0 aliphatic heterocycles. The Balaban J connectivity index is 2.47. The molecule has 0 atom stereocenters. The standard InChI is InChI=1S/C16H12F3NO/c1-11(21)14(15-7-2-3-8-20-15)10-12-5-4-6-13(9-12)16(17,18)19/h2-10H,1H3/b14-10+. The van der Waals surface area contributed by atoms with Crippen molar-refractivity contribution in [3.05, 3.63) is 65.5 Å². The molecule has 108 valence electrons. The van der Waals surface area contributed by atoms with Crippen molar-refractivity contribution in [3.63, 3.8) is 0 Å². The van der Waals surface area contributed by atoms with E-state index in [1.165, 1.54) is 31.3 Å². The van der Waals surface area contributed by atoms with Gasteiger partial charge < -0.3 is 0 Å². The largest absolute Gasteiger partial charge is 0.416 e. The highest BCUT2D eigenvalue weighted by Gasteiger charge is 2.30. The minimum absolute atomic E-state index is 0.258. The van der Waals surface area contributed by atoms with E-state index >= 15 is 0 Å². The topological polar surface area (TPSA) is 30.0 Å². The van der Waals surface area contributed by atoms with Gasteiger partial charge in [-0.1, -0.05) is 18.2 Å². The number of carbonyl (C=O) groups excluding carboxylic acids is 1. The van der Waals surface area contributed by atoms with Gasteiger partial charge in [-0.3, -0.25) is 9.78 Å². The van der Waals surface area contributed by atoms with Crippen molar-refractivity contribution in [2.75, 3.05) is 0 Å². The zero-order chi connectivity index (χ0) is 15.5. The molecule has 5 heteroatoms. The maximum Gasteiger partial charge on any atom is 0.416 e. The molecule has 0 saturated heterocycles. The number of benzene rings is 1. The summed E-state index contributed by atoms with van der Waals surface area (Å²) in [5.41, 5.74) is 0.262. The van der Waals surface area contributed by atoms with E-state index in [4.69, 9.17) is 0 Å². The smallest absolute Gasteiger partial charge is 0.294 e. The zero-order valence-corrected chi connectivity index (χ0v) is 11.2. The molecular formula is C16H12F3NO. The van der Waals surface area contributed by atoms with Crippen LogP contribution < -0.4 is 0 Å². The summed E-state index contributed by atoms with van der Waals surface area (Å²) in [6.45, 7) is 1.36. The number of hydrogen-bond acceptors (Lipinski definition) is 2. The minimum atomic E-state index is -4.41. The summed E-state index contributed by atoms with van der Waals surface area (Å²) in [5, 5.41) is 0. The van der Waals surface area contributed by atoms with E-state index < -0.39 is 11.7 Å². The highest BCUT2D eigenvalue weighted by molar-refractivity contribution is 6.23. The van der Waals surface area contributed by atoms with Crippen LogP contribution >= 0.6 is 0 Å². The van der Waals surface area contributed by atoms with E-state index in [9.17, 15) is 18.0 Å². The summed E-state index contributed by atoms with van der Waals surface area (Å²) in [6.07, 6.45) is -1.47. The fourth-order valence-corrected chi connectivity index (χ4v) is 1.85. The number of nitrogens with zero attached hydrogens (tertiary/aromatic N) is 1. The number of Topliss-reactive ketones (excluding diaryl/α,β-unsaturated/α-hetero) is 1. The van der Waals surface area contributed by atoms with Crippen LogP contribution in [-0.2, 0) is 11.0 Å². The molecule has 0 bridgehead atoms. The van der Waals surface area contributed by atoms with Crippen LogP contribution in [0.3, 0.4) is 0 Å². The van der Waals surface area contributed by atoms with Gasteiger partial charge in [-0.2, -0.15) is 13.2 Å². The van der Waals surface area contributed by atoms with Crippen molar-refractivity contribution in [1.82, 2.24) is 4.98 Å². The SMILES string of the molecule is CC(=O)/C(=C\c1cccc(C(F)(F)F)c1)c1ccccn1. The summed E-state index contributed by atoms with van der Waals surface area (Å²) in [4.78, 5) is 15.8. The molecule has 0 aliphatic carbocycles. The van der Waals surface area contributed by atoms with Gasteiger partial charge in [-0.15, -0.1) is 0 Å². The molecule has 0 saturated carbocycles.